The lowest BCUT2D eigenvalue weighted by molar-refractivity contribution is -0.124. The molecule has 0 aliphatic carbocycles. The maximum Gasteiger partial charge on any atom is 0.244 e. The molecule has 2 heterocycles. The molecule has 0 saturated carbocycles. The van der Waals surface area contributed by atoms with Crippen LogP contribution in [0.4, 0.5) is 0 Å². The van der Waals surface area contributed by atoms with Crippen molar-refractivity contribution in [3.63, 3.8) is 0 Å². The maximum absolute atomic E-state index is 11.9. The van der Waals surface area contributed by atoms with Crippen molar-refractivity contribution in [2.45, 2.75) is 25.4 Å². The normalized spacial score (nSPS) is 23.8. The van der Waals surface area contributed by atoms with Crippen molar-refractivity contribution in [3.05, 3.63) is 16.9 Å². The number of carbonyl (C=O) groups excluding carboxylic acids is 1. The van der Waals surface area contributed by atoms with Gasteiger partial charge < -0.3 is 5.32 Å². The zero-order valence-corrected chi connectivity index (χ0v) is 12.2. The Bertz CT molecular complexity index is 554. The van der Waals surface area contributed by atoms with Crippen LogP contribution in [0.1, 0.15) is 19.4 Å². The van der Waals surface area contributed by atoms with Crippen molar-refractivity contribution in [1.29, 1.82) is 0 Å². The first kappa shape index (κ1) is 13.5. The van der Waals surface area contributed by atoms with Crippen LogP contribution in [-0.4, -0.2) is 41.7 Å². The van der Waals surface area contributed by atoms with Gasteiger partial charge in [-0.25, -0.2) is 8.42 Å². The summed E-state index contributed by atoms with van der Waals surface area (Å²) in [6, 6.07) is -0.733. The van der Waals surface area contributed by atoms with E-state index < -0.39 is 15.9 Å². The summed E-state index contributed by atoms with van der Waals surface area (Å²) in [6.07, 6.45) is 3.79. The largest absolute Gasteiger partial charge is 0.350 e. The average Bonchev–Trinajstić information content (AvgIpc) is 2.84. The molecule has 0 spiro atoms. The highest BCUT2D eigenvalue weighted by molar-refractivity contribution is 9.10. The molecule has 2 atom stereocenters. The third-order valence-corrected chi connectivity index (χ3v) is 5.10. The fourth-order valence-corrected chi connectivity index (χ4v) is 3.85. The number of rotatable bonds is 3. The van der Waals surface area contributed by atoms with Crippen LogP contribution in [0.2, 0.25) is 0 Å². The topological polar surface area (TPSA) is 81.1 Å². The minimum atomic E-state index is -2.97. The molecular formula is C10H14BrN3O3S. The SMILES string of the molecule is C[C@H](C(=O)N[C@@H]1CCS(=O)(=O)C1)n1cc(Br)cn1. The van der Waals surface area contributed by atoms with Crippen LogP contribution in [0, 0.1) is 0 Å². The van der Waals surface area contributed by atoms with E-state index in [-0.39, 0.29) is 23.5 Å². The van der Waals surface area contributed by atoms with Crippen LogP contribution < -0.4 is 5.32 Å². The van der Waals surface area contributed by atoms with Gasteiger partial charge in [-0.1, -0.05) is 0 Å². The Morgan fingerprint density at radius 3 is 2.89 bits per heavy atom. The van der Waals surface area contributed by atoms with Crippen LogP contribution in [0.25, 0.3) is 0 Å². The molecule has 18 heavy (non-hydrogen) atoms. The van der Waals surface area contributed by atoms with Gasteiger partial charge in [-0.2, -0.15) is 5.10 Å². The Morgan fingerprint density at radius 1 is 1.67 bits per heavy atom. The highest BCUT2D eigenvalue weighted by atomic mass is 79.9. The number of nitrogens with one attached hydrogen (secondary N) is 1. The van der Waals surface area contributed by atoms with Gasteiger partial charge in [0.2, 0.25) is 5.91 Å². The third kappa shape index (κ3) is 3.11. The van der Waals surface area contributed by atoms with Gasteiger partial charge in [-0.05, 0) is 29.3 Å². The van der Waals surface area contributed by atoms with Crippen LogP contribution in [0.3, 0.4) is 0 Å². The van der Waals surface area contributed by atoms with Gasteiger partial charge in [0, 0.05) is 12.2 Å². The summed E-state index contributed by atoms with van der Waals surface area (Å²) in [5, 5.41) is 6.78. The van der Waals surface area contributed by atoms with E-state index >= 15 is 0 Å². The minimum Gasteiger partial charge on any atom is -0.350 e. The smallest absolute Gasteiger partial charge is 0.244 e. The molecule has 0 unspecified atom stereocenters. The summed E-state index contributed by atoms with van der Waals surface area (Å²) in [4.78, 5) is 11.9. The van der Waals surface area contributed by atoms with Gasteiger partial charge in [-0.3, -0.25) is 9.48 Å². The zero-order chi connectivity index (χ0) is 13.3. The number of carbonyl (C=O) groups is 1. The zero-order valence-electron chi connectivity index (χ0n) is 9.84. The van der Waals surface area contributed by atoms with Gasteiger partial charge in [0.1, 0.15) is 6.04 Å². The Morgan fingerprint density at radius 2 is 2.39 bits per heavy atom. The van der Waals surface area contributed by atoms with Crippen LogP contribution in [-0.2, 0) is 14.6 Å². The quantitative estimate of drug-likeness (QED) is 0.872. The predicted octanol–water partition coefficient (Wildman–Crippen LogP) is 0.510. The third-order valence-electron chi connectivity index (χ3n) is 2.93. The molecule has 6 nitrogen and oxygen atoms in total. The lowest BCUT2D eigenvalue weighted by Crippen LogP contribution is -2.39. The molecule has 1 aliphatic rings. The van der Waals surface area contributed by atoms with E-state index in [4.69, 9.17) is 0 Å². The summed E-state index contributed by atoms with van der Waals surface area (Å²) < 4.78 is 24.9. The van der Waals surface area contributed by atoms with Crippen LogP contribution in [0.5, 0.6) is 0 Å². The van der Waals surface area contributed by atoms with E-state index in [1.807, 2.05) is 0 Å². The second kappa shape index (κ2) is 5.00. The van der Waals surface area contributed by atoms with E-state index in [0.717, 1.165) is 4.47 Å². The summed E-state index contributed by atoms with van der Waals surface area (Å²) >= 11 is 3.26. The van der Waals surface area contributed by atoms with Crippen molar-refractivity contribution in [1.82, 2.24) is 15.1 Å². The number of hydrogen-bond donors (Lipinski definition) is 1. The fraction of sp³-hybridized carbons (Fsp3) is 0.600. The van der Waals surface area contributed by atoms with E-state index in [1.54, 1.807) is 19.3 Å². The molecule has 0 bridgehead atoms. The first-order valence-electron chi connectivity index (χ1n) is 5.58. The molecule has 0 aromatic carbocycles. The molecule has 0 radical (unpaired) electrons. The number of nitrogens with zero attached hydrogens (tertiary/aromatic N) is 2. The number of aromatic nitrogens is 2. The van der Waals surface area contributed by atoms with E-state index in [0.29, 0.717) is 6.42 Å². The summed E-state index contributed by atoms with van der Waals surface area (Å²) in [6.45, 7) is 1.72. The van der Waals surface area contributed by atoms with Crippen LogP contribution in [0.15, 0.2) is 16.9 Å². The standard InChI is InChI=1S/C10H14BrN3O3S/c1-7(14-5-8(11)4-12-14)10(15)13-9-2-3-18(16,17)6-9/h4-5,7,9H,2-3,6H2,1H3,(H,13,15)/t7-,9-/m1/s1. The fourth-order valence-electron chi connectivity index (χ4n) is 1.88. The van der Waals surface area contributed by atoms with Crippen molar-refractivity contribution < 1.29 is 13.2 Å². The lowest BCUT2D eigenvalue weighted by Gasteiger charge is -2.16. The van der Waals surface area contributed by atoms with Gasteiger partial charge in [0.05, 0.1) is 22.2 Å². The van der Waals surface area contributed by atoms with Gasteiger partial charge >= 0.3 is 0 Å². The highest BCUT2D eigenvalue weighted by Crippen LogP contribution is 2.14. The summed E-state index contributed by atoms with van der Waals surface area (Å²) in [5.41, 5.74) is 0. The Balaban J connectivity index is 1.96. The molecular weight excluding hydrogens is 322 g/mol. The van der Waals surface area contributed by atoms with Crippen molar-refractivity contribution in [3.8, 4) is 0 Å². The second-order valence-corrected chi connectivity index (χ2v) is 7.57. The minimum absolute atomic E-state index is 0.0360. The van der Waals surface area contributed by atoms with Gasteiger partial charge in [-0.15, -0.1) is 0 Å². The van der Waals surface area contributed by atoms with Gasteiger partial charge in [0.25, 0.3) is 0 Å². The van der Waals surface area contributed by atoms with Crippen molar-refractivity contribution >= 4 is 31.7 Å². The molecule has 1 N–H and O–H groups in total. The van der Waals surface area contributed by atoms with Crippen molar-refractivity contribution in [2.24, 2.45) is 0 Å². The maximum atomic E-state index is 11.9. The number of hydrogen-bond acceptors (Lipinski definition) is 4. The average molecular weight is 336 g/mol. The molecule has 1 aliphatic heterocycles. The Hall–Kier alpha value is -0.890. The second-order valence-electron chi connectivity index (χ2n) is 4.42. The monoisotopic (exact) mass is 335 g/mol. The van der Waals surface area contributed by atoms with E-state index in [2.05, 4.69) is 26.3 Å². The number of halogens is 1. The molecule has 2 rings (SSSR count). The van der Waals surface area contributed by atoms with E-state index in [1.165, 1.54) is 4.68 Å². The lowest BCUT2D eigenvalue weighted by atomic mass is 10.2. The van der Waals surface area contributed by atoms with Crippen LogP contribution >= 0.6 is 15.9 Å². The number of sulfone groups is 1. The molecule has 1 fully saturated rings. The molecule has 100 valence electrons. The predicted molar refractivity (Wildman–Crippen MR) is 69.8 cm³/mol. The Kier molecular flexibility index (Phi) is 3.76. The molecule has 1 saturated heterocycles. The molecule has 1 aromatic rings. The summed E-state index contributed by atoms with van der Waals surface area (Å²) in [7, 11) is -2.97. The first-order valence-corrected chi connectivity index (χ1v) is 8.19. The Labute approximate surface area is 114 Å². The first-order chi connectivity index (χ1) is 8.37. The van der Waals surface area contributed by atoms with Crippen molar-refractivity contribution in [2.75, 3.05) is 11.5 Å². The van der Waals surface area contributed by atoms with Gasteiger partial charge in [0.15, 0.2) is 9.84 Å². The summed E-state index contributed by atoms with van der Waals surface area (Å²) in [5.74, 6) is -0.0267. The molecule has 1 amide bonds. The number of amides is 1. The molecule has 8 heteroatoms. The molecule has 1 aromatic heterocycles. The highest BCUT2D eigenvalue weighted by Gasteiger charge is 2.30. The van der Waals surface area contributed by atoms with E-state index in [9.17, 15) is 13.2 Å².